The summed E-state index contributed by atoms with van der Waals surface area (Å²) in [5.74, 6) is -2.02. The molecular formula is C15H18BrN3O5. The van der Waals surface area contributed by atoms with E-state index < -0.39 is 37.0 Å². The van der Waals surface area contributed by atoms with Crippen molar-refractivity contribution in [3.63, 3.8) is 0 Å². The van der Waals surface area contributed by atoms with Crippen molar-refractivity contribution in [2.75, 3.05) is 13.2 Å². The number of carbonyl (C=O) groups excluding carboxylic acids is 4. The van der Waals surface area contributed by atoms with Crippen molar-refractivity contribution < 1.29 is 23.9 Å². The first-order chi connectivity index (χ1) is 11.3. The van der Waals surface area contributed by atoms with E-state index in [2.05, 4.69) is 31.3 Å². The summed E-state index contributed by atoms with van der Waals surface area (Å²) in [4.78, 5) is 46.0. The molecule has 9 heteroatoms. The van der Waals surface area contributed by atoms with Gasteiger partial charge in [0.2, 0.25) is 0 Å². The highest BCUT2D eigenvalue weighted by atomic mass is 79.9. The SMILES string of the molecule is CC(C)NC(=O)NC(=O)COC(=O)CNC(=O)c1ccccc1Br. The van der Waals surface area contributed by atoms with E-state index in [1.165, 1.54) is 0 Å². The van der Waals surface area contributed by atoms with E-state index in [9.17, 15) is 19.2 Å². The molecule has 0 atom stereocenters. The lowest BCUT2D eigenvalue weighted by Crippen LogP contribution is -2.44. The molecular weight excluding hydrogens is 382 g/mol. The van der Waals surface area contributed by atoms with Gasteiger partial charge in [0.15, 0.2) is 6.61 Å². The summed E-state index contributed by atoms with van der Waals surface area (Å²) in [7, 11) is 0. The molecule has 130 valence electrons. The third kappa shape index (κ3) is 7.23. The van der Waals surface area contributed by atoms with E-state index in [-0.39, 0.29) is 6.04 Å². The zero-order valence-electron chi connectivity index (χ0n) is 13.2. The fraction of sp³-hybridized carbons (Fsp3) is 0.333. The number of amides is 4. The maximum absolute atomic E-state index is 11.9. The molecule has 0 aromatic heterocycles. The monoisotopic (exact) mass is 399 g/mol. The van der Waals surface area contributed by atoms with Gasteiger partial charge >= 0.3 is 12.0 Å². The van der Waals surface area contributed by atoms with E-state index in [0.29, 0.717) is 10.0 Å². The Kier molecular flexibility index (Phi) is 7.90. The molecule has 0 aliphatic heterocycles. The number of benzene rings is 1. The standard InChI is InChI=1S/C15H18BrN3O5/c1-9(2)18-15(23)19-12(20)8-24-13(21)7-17-14(22)10-5-3-4-6-11(10)16/h3-6,9H,7-8H2,1-2H3,(H,17,22)(H2,18,19,20,23). The van der Waals surface area contributed by atoms with Crippen LogP contribution < -0.4 is 16.0 Å². The smallest absolute Gasteiger partial charge is 0.325 e. The lowest BCUT2D eigenvalue weighted by Gasteiger charge is -2.10. The van der Waals surface area contributed by atoms with Gasteiger partial charge in [-0.1, -0.05) is 12.1 Å². The fourth-order valence-corrected chi connectivity index (χ4v) is 2.02. The van der Waals surface area contributed by atoms with Crippen molar-refractivity contribution in [3.8, 4) is 0 Å². The Morgan fingerprint density at radius 1 is 1.17 bits per heavy atom. The van der Waals surface area contributed by atoms with E-state index in [4.69, 9.17) is 0 Å². The predicted octanol–water partition coefficient (Wildman–Crippen LogP) is 0.956. The van der Waals surface area contributed by atoms with Crippen LogP contribution >= 0.6 is 15.9 Å². The van der Waals surface area contributed by atoms with Crippen LogP contribution in [0.15, 0.2) is 28.7 Å². The van der Waals surface area contributed by atoms with E-state index in [0.717, 1.165) is 0 Å². The van der Waals surface area contributed by atoms with Crippen LogP contribution in [0.4, 0.5) is 4.79 Å². The summed E-state index contributed by atoms with van der Waals surface area (Å²) in [5.41, 5.74) is 0.369. The Bertz CT molecular complexity index is 633. The van der Waals surface area contributed by atoms with Crippen LogP contribution in [-0.2, 0) is 14.3 Å². The maximum Gasteiger partial charge on any atom is 0.325 e. The van der Waals surface area contributed by atoms with E-state index in [1.54, 1.807) is 38.1 Å². The normalized spacial score (nSPS) is 10.0. The van der Waals surface area contributed by atoms with Crippen molar-refractivity contribution in [1.29, 1.82) is 0 Å². The molecule has 1 aromatic rings. The molecule has 24 heavy (non-hydrogen) atoms. The Balaban J connectivity index is 2.32. The topological polar surface area (TPSA) is 114 Å². The number of carbonyl (C=O) groups is 4. The zero-order valence-corrected chi connectivity index (χ0v) is 14.8. The molecule has 0 saturated carbocycles. The number of urea groups is 1. The largest absolute Gasteiger partial charge is 0.454 e. The molecule has 4 amide bonds. The molecule has 0 unspecified atom stereocenters. The molecule has 0 bridgehead atoms. The second-order valence-corrected chi connectivity index (χ2v) is 5.85. The lowest BCUT2D eigenvalue weighted by molar-refractivity contribution is -0.147. The van der Waals surface area contributed by atoms with Crippen LogP contribution in [0.5, 0.6) is 0 Å². The van der Waals surface area contributed by atoms with Gasteiger partial charge in [-0.25, -0.2) is 4.79 Å². The van der Waals surface area contributed by atoms with Crippen LogP contribution in [0.25, 0.3) is 0 Å². The molecule has 0 fully saturated rings. The molecule has 0 radical (unpaired) electrons. The third-order valence-electron chi connectivity index (χ3n) is 2.55. The van der Waals surface area contributed by atoms with Crippen LogP contribution in [0, 0.1) is 0 Å². The van der Waals surface area contributed by atoms with Gasteiger partial charge in [0.1, 0.15) is 6.54 Å². The first-order valence-electron chi connectivity index (χ1n) is 7.08. The minimum Gasteiger partial charge on any atom is -0.454 e. The summed E-state index contributed by atoms with van der Waals surface area (Å²) < 4.78 is 5.26. The number of ether oxygens (including phenoxy) is 1. The highest BCUT2D eigenvalue weighted by Gasteiger charge is 2.14. The quantitative estimate of drug-likeness (QED) is 0.616. The number of esters is 1. The highest BCUT2D eigenvalue weighted by molar-refractivity contribution is 9.10. The summed E-state index contributed by atoms with van der Waals surface area (Å²) >= 11 is 3.23. The Morgan fingerprint density at radius 3 is 2.46 bits per heavy atom. The second-order valence-electron chi connectivity index (χ2n) is 5.00. The van der Waals surface area contributed by atoms with Gasteiger partial charge in [-0.3, -0.25) is 19.7 Å². The minimum absolute atomic E-state index is 0.132. The lowest BCUT2D eigenvalue weighted by atomic mass is 10.2. The number of halogens is 1. The Hall–Kier alpha value is -2.42. The second kappa shape index (κ2) is 9.66. The Morgan fingerprint density at radius 2 is 1.83 bits per heavy atom. The number of hydrogen-bond donors (Lipinski definition) is 3. The summed E-state index contributed by atoms with van der Waals surface area (Å²) in [6.45, 7) is 2.45. The highest BCUT2D eigenvalue weighted by Crippen LogP contribution is 2.15. The van der Waals surface area contributed by atoms with Crippen molar-refractivity contribution in [1.82, 2.24) is 16.0 Å². The average molecular weight is 400 g/mol. The summed E-state index contributed by atoms with van der Waals surface area (Å²) in [5, 5.41) is 6.83. The first-order valence-corrected chi connectivity index (χ1v) is 7.87. The Labute approximate surface area is 147 Å². The van der Waals surface area contributed by atoms with Crippen molar-refractivity contribution in [3.05, 3.63) is 34.3 Å². The van der Waals surface area contributed by atoms with E-state index >= 15 is 0 Å². The van der Waals surface area contributed by atoms with Crippen LogP contribution in [0.3, 0.4) is 0 Å². The fourth-order valence-electron chi connectivity index (χ4n) is 1.55. The summed E-state index contributed by atoms with van der Waals surface area (Å²) in [6.07, 6.45) is 0. The molecule has 0 heterocycles. The molecule has 0 aliphatic carbocycles. The molecule has 1 aromatic carbocycles. The molecule has 0 aliphatic rings. The minimum atomic E-state index is -0.796. The number of hydrogen-bond acceptors (Lipinski definition) is 5. The number of nitrogens with one attached hydrogen (secondary N) is 3. The average Bonchev–Trinajstić information content (AvgIpc) is 2.50. The molecule has 1 rings (SSSR count). The van der Waals surface area contributed by atoms with Gasteiger partial charge in [0, 0.05) is 10.5 Å². The van der Waals surface area contributed by atoms with Gasteiger partial charge in [0.05, 0.1) is 5.56 Å². The summed E-state index contributed by atoms with van der Waals surface area (Å²) in [6, 6.07) is 5.92. The van der Waals surface area contributed by atoms with Gasteiger partial charge in [-0.15, -0.1) is 0 Å². The van der Waals surface area contributed by atoms with Crippen LogP contribution in [-0.4, -0.2) is 43.0 Å². The van der Waals surface area contributed by atoms with Gasteiger partial charge in [-0.05, 0) is 41.9 Å². The van der Waals surface area contributed by atoms with Crippen molar-refractivity contribution in [2.45, 2.75) is 19.9 Å². The van der Waals surface area contributed by atoms with Gasteiger partial charge in [0.25, 0.3) is 11.8 Å². The predicted molar refractivity (Wildman–Crippen MR) is 89.2 cm³/mol. The van der Waals surface area contributed by atoms with Crippen molar-refractivity contribution in [2.24, 2.45) is 0 Å². The molecule has 0 saturated heterocycles. The van der Waals surface area contributed by atoms with Crippen molar-refractivity contribution >= 4 is 39.7 Å². The number of rotatable bonds is 6. The third-order valence-corrected chi connectivity index (χ3v) is 3.24. The number of imide groups is 1. The van der Waals surface area contributed by atoms with Gasteiger partial charge < -0.3 is 15.4 Å². The van der Waals surface area contributed by atoms with Crippen LogP contribution in [0.2, 0.25) is 0 Å². The maximum atomic E-state index is 11.9. The zero-order chi connectivity index (χ0) is 18.1. The molecule has 8 nitrogen and oxygen atoms in total. The molecule has 3 N–H and O–H groups in total. The van der Waals surface area contributed by atoms with Gasteiger partial charge in [-0.2, -0.15) is 0 Å². The van der Waals surface area contributed by atoms with E-state index in [1.807, 2.05) is 5.32 Å². The van der Waals surface area contributed by atoms with Crippen LogP contribution in [0.1, 0.15) is 24.2 Å². The molecule has 0 spiro atoms. The first kappa shape index (κ1) is 19.6.